The van der Waals surface area contributed by atoms with Crippen LogP contribution >= 0.6 is 11.3 Å². The number of fused-ring (bicyclic) bond motifs is 1. The third-order valence-electron chi connectivity index (χ3n) is 3.03. The lowest BCUT2D eigenvalue weighted by Crippen LogP contribution is -2.19. The zero-order valence-corrected chi connectivity index (χ0v) is 12.2. The number of nitrogens with zero attached hydrogens (tertiary/aromatic N) is 2. The molecule has 1 aliphatic heterocycles. The predicted molar refractivity (Wildman–Crippen MR) is 76.0 cm³/mol. The van der Waals surface area contributed by atoms with Crippen LogP contribution in [0, 0.1) is 5.82 Å². The monoisotopic (exact) mass is 308 g/mol. The van der Waals surface area contributed by atoms with Crippen LogP contribution in [0.3, 0.4) is 0 Å². The van der Waals surface area contributed by atoms with Crippen molar-refractivity contribution in [2.24, 2.45) is 4.99 Å². The average Bonchev–Trinajstić information content (AvgIpc) is 2.86. The average molecular weight is 308 g/mol. The van der Waals surface area contributed by atoms with Crippen molar-refractivity contribution in [3.05, 3.63) is 40.8 Å². The van der Waals surface area contributed by atoms with Crippen LogP contribution < -0.4 is 4.80 Å². The molecule has 2 heterocycles. The molecule has 1 aliphatic rings. The molecular weight excluding hydrogens is 295 g/mol. The van der Waals surface area contributed by atoms with E-state index in [-0.39, 0.29) is 11.6 Å². The van der Waals surface area contributed by atoms with Crippen LogP contribution in [-0.2, 0) is 20.8 Å². The maximum absolute atomic E-state index is 13.9. The highest BCUT2D eigenvalue weighted by Crippen LogP contribution is 2.20. The molecule has 110 valence electrons. The molecule has 0 saturated heterocycles. The van der Waals surface area contributed by atoms with Gasteiger partial charge in [-0.25, -0.2) is 4.39 Å². The third kappa shape index (κ3) is 2.56. The molecule has 0 aliphatic carbocycles. The SMILES string of the molecule is CCn1c(=NC(=O)C2=COCCO2)sc2cccc(F)c21. The predicted octanol–water partition coefficient (Wildman–Crippen LogP) is 2.18. The summed E-state index contributed by atoms with van der Waals surface area (Å²) >= 11 is 1.27. The lowest BCUT2D eigenvalue weighted by molar-refractivity contribution is -0.119. The van der Waals surface area contributed by atoms with Gasteiger partial charge in [-0.1, -0.05) is 17.4 Å². The normalized spacial score (nSPS) is 15.5. The minimum atomic E-state index is -0.524. The lowest BCUT2D eigenvalue weighted by atomic mass is 10.3. The second kappa shape index (κ2) is 5.69. The van der Waals surface area contributed by atoms with E-state index in [4.69, 9.17) is 9.47 Å². The lowest BCUT2D eigenvalue weighted by Gasteiger charge is -2.12. The molecule has 1 aromatic carbocycles. The fraction of sp³-hybridized carbons (Fsp3) is 0.286. The molecule has 5 nitrogen and oxygen atoms in total. The number of hydrogen-bond acceptors (Lipinski definition) is 4. The number of rotatable bonds is 2. The van der Waals surface area contributed by atoms with E-state index >= 15 is 0 Å². The van der Waals surface area contributed by atoms with Crippen LogP contribution in [0.15, 0.2) is 35.2 Å². The van der Waals surface area contributed by atoms with E-state index in [1.807, 2.05) is 6.92 Å². The maximum atomic E-state index is 13.9. The van der Waals surface area contributed by atoms with Gasteiger partial charge in [-0.15, -0.1) is 0 Å². The standard InChI is InChI=1S/C14H13FN2O3S/c1-2-17-12-9(15)4-3-5-11(12)21-14(17)16-13(18)10-8-19-6-7-20-10/h3-5,8H,2,6-7H2,1H3. The number of hydrogen-bond donors (Lipinski definition) is 0. The highest BCUT2D eigenvalue weighted by atomic mass is 32.1. The molecular formula is C14H13FN2O3S. The Balaban J connectivity index is 2.11. The number of amides is 1. The number of para-hydroxylation sites is 1. The minimum Gasteiger partial charge on any atom is -0.494 e. The third-order valence-corrected chi connectivity index (χ3v) is 4.07. The Morgan fingerprint density at radius 2 is 2.33 bits per heavy atom. The maximum Gasteiger partial charge on any atom is 0.317 e. The van der Waals surface area contributed by atoms with Gasteiger partial charge in [0.2, 0.25) is 5.76 Å². The summed E-state index contributed by atoms with van der Waals surface area (Å²) in [4.78, 5) is 16.5. The van der Waals surface area contributed by atoms with Crippen LogP contribution in [0.25, 0.3) is 10.2 Å². The highest BCUT2D eigenvalue weighted by molar-refractivity contribution is 7.16. The minimum absolute atomic E-state index is 0.0711. The van der Waals surface area contributed by atoms with Gasteiger partial charge in [-0.2, -0.15) is 4.99 Å². The van der Waals surface area contributed by atoms with E-state index in [0.717, 1.165) is 4.70 Å². The molecule has 0 unspecified atom stereocenters. The Morgan fingerprint density at radius 1 is 1.48 bits per heavy atom. The molecule has 0 radical (unpaired) electrons. The van der Waals surface area contributed by atoms with E-state index in [0.29, 0.717) is 30.1 Å². The van der Waals surface area contributed by atoms with Gasteiger partial charge in [-0.3, -0.25) is 4.79 Å². The van der Waals surface area contributed by atoms with Gasteiger partial charge >= 0.3 is 5.91 Å². The zero-order valence-electron chi connectivity index (χ0n) is 11.3. The molecule has 1 aromatic heterocycles. The van der Waals surface area contributed by atoms with Crippen LogP contribution in [0.1, 0.15) is 6.92 Å². The Kier molecular flexibility index (Phi) is 3.74. The van der Waals surface area contributed by atoms with E-state index in [1.165, 1.54) is 23.7 Å². The first kappa shape index (κ1) is 13.8. The number of carbonyl (C=O) groups is 1. The first-order valence-electron chi connectivity index (χ1n) is 6.52. The van der Waals surface area contributed by atoms with Gasteiger partial charge < -0.3 is 14.0 Å². The summed E-state index contributed by atoms with van der Waals surface area (Å²) in [6.45, 7) is 3.13. The number of aromatic nitrogens is 1. The fourth-order valence-corrected chi connectivity index (χ4v) is 3.19. The molecule has 21 heavy (non-hydrogen) atoms. The molecule has 0 fully saturated rings. The summed E-state index contributed by atoms with van der Waals surface area (Å²) in [6.07, 6.45) is 1.26. The largest absolute Gasteiger partial charge is 0.494 e. The summed E-state index contributed by atoms with van der Waals surface area (Å²) in [5.74, 6) is -0.776. The van der Waals surface area contributed by atoms with Crippen LogP contribution in [0.2, 0.25) is 0 Å². The zero-order chi connectivity index (χ0) is 14.8. The van der Waals surface area contributed by atoms with E-state index in [2.05, 4.69) is 4.99 Å². The van der Waals surface area contributed by atoms with Gasteiger partial charge in [-0.05, 0) is 19.1 Å². The first-order valence-corrected chi connectivity index (χ1v) is 7.34. The molecule has 2 aromatic rings. The van der Waals surface area contributed by atoms with Gasteiger partial charge in [0.25, 0.3) is 0 Å². The van der Waals surface area contributed by atoms with Crippen molar-refractivity contribution in [1.29, 1.82) is 0 Å². The summed E-state index contributed by atoms with van der Waals surface area (Å²) in [6, 6.07) is 4.84. The van der Waals surface area contributed by atoms with E-state index in [9.17, 15) is 9.18 Å². The molecule has 0 atom stereocenters. The van der Waals surface area contributed by atoms with E-state index in [1.54, 1.807) is 16.7 Å². The van der Waals surface area contributed by atoms with Gasteiger partial charge in [0.05, 0.1) is 10.2 Å². The molecule has 7 heteroatoms. The molecule has 0 N–H and O–H groups in total. The molecule has 0 spiro atoms. The van der Waals surface area contributed by atoms with Gasteiger partial charge in [0.15, 0.2) is 4.80 Å². The van der Waals surface area contributed by atoms with Crippen LogP contribution in [-0.4, -0.2) is 23.7 Å². The number of thiazole rings is 1. The van der Waals surface area contributed by atoms with Crippen LogP contribution in [0.4, 0.5) is 4.39 Å². The van der Waals surface area contributed by atoms with Crippen molar-refractivity contribution < 1.29 is 18.7 Å². The highest BCUT2D eigenvalue weighted by Gasteiger charge is 2.16. The van der Waals surface area contributed by atoms with Crippen molar-refractivity contribution in [1.82, 2.24) is 4.57 Å². The fourth-order valence-electron chi connectivity index (χ4n) is 2.09. The Morgan fingerprint density at radius 3 is 3.05 bits per heavy atom. The summed E-state index contributed by atoms with van der Waals surface area (Å²) in [5.41, 5.74) is 0.464. The number of carbonyl (C=O) groups excluding carboxylic acids is 1. The van der Waals surface area contributed by atoms with Crippen molar-refractivity contribution in [3.63, 3.8) is 0 Å². The quantitative estimate of drug-likeness (QED) is 0.854. The first-order chi connectivity index (χ1) is 10.2. The van der Waals surface area contributed by atoms with Crippen molar-refractivity contribution in [2.45, 2.75) is 13.5 Å². The van der Waals surface area contributed by atoms with Crippen molar-refractivity contribution >= 4 is 27.5 Å². The summed E-state index contributed by atoms with van der Waals surface area (Å²) in [5, 5.41) is 0. The summed E-state index contributed by atoms with van der Waals surface area (Å²) in [7, 11) is 0. The Bertz CT molecular complexity index is 791. The Hall–Kier alpha value is -2.15. The van der Waals surface area contributed by atoms with Gasteiger partial charge in [0, 0.05) is 6.54 Å². The number of benzene rings is 1. The summed E-state index contributed by atoms with van der Waals surface area (Å²) < 4.78 is 26.6. The van der Waals surface area contributed by atoms with Crippen molar-refractivity contribution in [2.75, 3.05) is 13.2 Å². The second-order valence-electron chi connectivity index (χ2n) is 4.33. The molecule has 0 bridgehead atoms. The topological polar surface area (TPSA) is 52.8 Å². The smallest absolute Gasteiger partial charge is 0.317 e. The molecule has 1 amide bonds. The van der Waals surface area contributed by atoms with Gasteiger partial charge in [0.1, 0.15) is 25.3 Å². The number of halogens is 1. The Labute approximate surface area is 123 Å². The molecule has 0 saturated carbocycles. The number of ether oxygens (including phenoxy) is 2. The van der Waals surface area contributed by atoms with Crippen LogP contribution in [0.5, 0.6) is 0 Å². The molecule has 3 rings (SSSR count). The second-order valence-corrected chi connectivity index (χ2v) is 5.34. The van der Waals surface area contributed by atoms with E-state index < -0.39 is 5.91 Å². The number of aryl methyl sites for hydroxylation is 1. The van der Waals surface area contributed by atoms with Crippen molar-refractivity contribution in [3.8, 4) is 0 Å².